The van der Waals surface area contributed by atoms with Crippen LogP contribution in [0, 0.1) is 13.8 Å². The van der Waals surface area contributed by atoms with Gasteiger partial charge in [-0.2, -0.15) is 0 Å². The number of hydrogen-bond donors (Lipinski definition) is 2. The number of amides is 1. The van der Waals surface area contributed by atoms with E-state index < -0.39 is 0 Å². The largest absolute Gasteiger partial charge is 0.497 e. The molecule has 1 amide bonds. The summed E-state index contributed by atoms with van der Waals surface area (Å²) in [7, 11) is 1.60. The summed E-state index contributed by atoms with van der Waals surface area (Å²) in [6.07, 6.45) is 0. The number of nitrogens with zero attached hydrogens (tertiary/aromatic N) is 2. The van der Waals surface area contributed by atoms with Gasteiger partial charge < -0.3 is 15.0 Å². The van der Waals surface area contributed by atoms with Crippen molar-refractivity contribution in [3.63, 3.8) is 0 Å². The van der Waals surface area contributed by atoms with Gasteiger partial charge in [-0.15, -0.1) is 0 Å². The van der Waals surface area contributed by atoms with Crippen LogP contribution in [-0.2, 0) is 0 Å². The number of ether oxygens (including phenoxy) is 1. The number of carbonyl (C=O) groups is 1. The molecule has 150 valence electrons. The van der Waals surface area contributed by atoms with Gasteiger partial charge in [0.05, 0.1) is 23.9 Å². The van der Waals surface area contributed by atoms with Crippen LogP contribution in [0.1, 0.15) is 21.7 Å². The highest BCUT2D eigenvalue weighted by Crippen LogP contribution is 2.23. The quantitative estimate of drug-likeness (QED) is 0.542. The zero-order chi connectivity index (χ0) is 21.3. The Morgan fingerprint density at radius 1 is 1.03 bits per heavy atom. The highest BCUT2D eigenvalue weighted by Gasteiger charge is 2.13. The molecule has 0 aliphatic heterocycles. The van der Waals surface area contributed by atoms with Crippen LogP contribution in [-0.4, -0.2) is 28.0 Å². The second-order valence-electron chi connectivity index (χ2n) is 6.95. The van der Waals surface area contributed by atoms with Crippen molar-refractivity contribution in [3.05, 3.63) is 81.9 Å². The maximum atomic E-state index is 12.9. The number of aryl methyl sites for hydroxylation is 2. The number of aromatic amines is 1. The average Bonchev–Trinajstić information content (AvgIpc) is 2.72. The fraction of sp³-hybridized carbons (Fsp3) is 0.130. The Hall–Kier alpha value is -4.00. The average molecular weight is 400 g/mol. The second-order valence-corrected chi connectivity index (χ2v) is 6.95. The number of aromatic nitrogens is 3. The van der Waals surface area contributed by atoms with Gasteiger partial charge in [0, 0.05) is 28.4 Å². The van der Waals surface area contributed by atoms with E-state index in [4.69, 9.17) is 4.74 Å². The second kappa shape index (κ2) is 7.79. The molecule has 7 nitrogen and oxygen atoms in total. The minimum absolute atomic E-state index is 0.222. The van der Waals surface area contributed by atoms with Crippen LogP contribution in [0.25, 0.3) is 22.3 Å². The number of hydrogen-bond acceptors (Lipinski definition) is 5. The SMILES string of the molecule is COc1ccc2nc(C)c(C(=O)Nc3cccc(-c4nc(C)cc(=O)[nH]4)c3)cc2c1. The molecule has 2 N–H and O–H groups in total. The molecular weight excluding hydrogens is 380 g/mol. The number of benzene rings is 2. The topological polar surface area (TPSA) is 97.0 Å². The van der Waals surface area contributed by atoms with Gasteiger partial charge in [0.2, 0.25) is 0 Å². The fourth-order valence-electron chi connectivity index (χ4n) is 3.27. The van der Waals surface area contributed by atoms with Crippen LogP contribution in [0.15, 0.2) is 59.4 Å². The van der Waals surface area contributed by atoms with Crippen molar-refractivity contribution in [2.45, 2.75) is 13.8 Å². The highest BCUT2D eigenvalue weighted by molar-refractivity contribution is 6.07. The standard InChI is InChI=1S/C23H20N4O3/c1-13-9-21(28)27-22(24-13)15-5-4-6-17(10-15)26-23(29)19-12-16-11-18(30-3)7-8-20(16)25-14(19)2/h4-12H,1-3H3,(H,26,29)(H,24,27,28). The van der Waals surface area contributed by atoms with Gasteiger partial charge in [0.15, 0.2) is 0 Å². The number of methoxy groups -OCH3 is 1. The predicted octanol–water partition coefficient (Wildman–Crippen LogP) is 3.86. The Labute approximate surface area is 172 Å². The molecule has 4 aromatic rings. The number of H-pyrrole nitrogens is 1. The van der Waals surface area contributed by atoms with Gasteiger partial charge in [0.1, 0.15) is 11.6 Å². The molecule has 0 saturated carbocycles. The van der Waals surface area contributed by atoms with Crippen LogP contribution in [0.5, 0.6) is 5.75 Å². The Morgan fingerprint density at radius 2 is 1.87 bits per heavy atom. The third-order valence-corrected chi connectivity index (χ3v) is 4.72. The van der Waals surface area contributed by atoms with Gasteiger partial charge in [-0.05, 0) is 50.2 Å². The number of rotatable bonds is 4. The number of fused-ring (bicyclic) bond motifs is 1. The molecule has 0 atom stereocenters. The first-order chi connectivity index (χ1) is 14.4. The molecular formula is C23H20N4O3. The van der Waals surface area contributed by atoms with Gasteiger partial charge in [-0.25, -0.2) is 4.98 Å². The molecule has 4 rings (SSSR count). The molecule has 0 unspecified atom stereocenters. The molecule has 0 bridgehead atoms. The molecule has 0 radical (unpaired) electrons. The van der Waals surface area contributed by atoms with Crippen LogP contribution < -0.4 is 15.6 Å². The molecule has 0 saturated heterocycles. The first-order valence-corrected chi connectivity index (χ1v) is 9.38. The minimum atomic E-state index is -0.271. The van der Waals surface area contributed by atoms with Crippen LogP contribution in [0.4, 0.5) is 5.69 Å². The third-order valence-electron chi connectivity index (χ3n) is 4.72. The maximum Gasteiger partial charge on any atom is 0.257 e. The number of carbonyl (C=O) groups excluding carboxylic acids is 1. The van der Waals surface area contributed by atoms with Crippen molar-refractivity contribution in [1.82, 2.24) is 15.0 Å². The summed E-state index contributed by atoms with van der Waals surface area (Å²) < 4.78 is 5.26. The summed E-state index contributed by atoms with van der Waals surface area (Å²) in [6, 6.07) is 15.9. The summed E-state index contributed by atoms with van der Waals surface area (Å²) in [5.41, 5.74) is 3.59. The third kappa shape index (κ3) is 3.91. The van der Waals surface area contributed by atoms with Crippen LogP contribution in [0.2, 0.25) is 0 Å². The lowest BCUT2D eigenvalue weighted by molar-refractivity contribution is 0.102. The van der Waals surface area contributed by atoms with Crippen LogP contribution >= 0.6 is 0 Å². The van der Waals surface area contributed by atoms with Crippen LogP contribution in [0.3, 0.4) is 0 Å². The lowest BCUT2D eigenvalue weighted by atomic mass is 10.1. The predicted molar refractivity (Wildman–Crippen MR) is 116 cm³/mol. The van der Waals surface area contributed by atoms with Crippen molar-refractivity contribution in [2.75, 3.05) is 12.4 Å². The zero-order valence-corrected chi connectivity index (χ0v) is 16.8. The number of nitrogens with one attached hydrogen (secondary N) is 2. The number of anilines is 1. The molecule has 0 spiro atoms. The Bertz CT molecular complexity index is 1330. The van der Waals surface area contributed by atoms with E-state index in [0.29, 0.717) is 39.8 Å². The lowest BCUT2D eigenvalue weighted by Crippen LogP contribution is -2.14. The highest BCUT2D eigenvalue weighted by atomic mass is 16.5. The van der Waals surface area contributed by atoms with Gasteiger partial charge in [-0.3, -0.25) is 14.6 Å². The van der Waals surface area contributed by atoms with E-state index in [9.17, 15) is 9.59 Å². The molecule has 7 heteroatoms. The van der Waals surface area contributed by atoms with Crippen molar-refractivity contribution in [3.8, 4) is 17.1 Å². The molecule has 2 heterocycles. The van der Waals surface area contributed by atoms with Gasteiger partial charge in [-0.1, -0.05) is 12.1 Å². The van der Waals surface area contributed by atoms with Crippen molar-refractivity contribution in [1.29, 1.82) is 0 Å². The van der Waals surface area contributed by atoms with E-state index in [1.54, 1.807) is 45.2 Å². The first kappa shape index (κ1) is 19.3. The molecule has 2 aromatic heterocycles. The molecule has 30 heavy (non-hydrogen) atoms. The van der Waals surface area contributed by atoms with E-state index in [-0.39, 0.29) is 11.5 Å². The summed E-state index contributed by atoms with van der Waals surface area (Å²) in [5, 5.41) is 3.72. The number of pyridine rings is 1. The molecule has 0 aliphatic rings. The Balaban J connectivity index is 1.65. The Morgan fingerprint density at radius 3 is 2.63 bits per heavy atom. The van der Waals surface area contributed by atoms with Gasteiger partial charge in [0.25, 0.3) is 11.5 Å². The first-order valence-electron chi connectivity index (χ1n) is 9.38. The van der Waals surface area contributed by atoms with Crippen molar-refractivity contribution < 1.29 is 9.53 Å². The monoisotopic (exact) mass is 400 g/mol. The zero-order valence-electron chi connectivity index (χ0n) is 16.8. The molecule has 0 aliphatic carbocycles. The fourth-order valence-corrected chi connectivity index (χ4v) is 3.27. The summed E-state index contributed by atoms with van der Waals surface area (Å²) in [5.74, 6) is 0.881. The van der Waals surface area contributed by atoms with E-state index in [1.807, 2.05) is 24.3 Å². The van der Waals surface area contributed by atoms with E-state index >= 15 is 0 Å². The Kier molecular flexibility index (Phi) is 5.02. The molecule has 0 fully saturated rings. The molecule has 2 aromatic carbocycles. The summed E-state index contributed by atoms with van der Waals surface area (Å²) in [6.45, 7) is 3.56. The van der Waals surface area contributed by atoms with Crippen molar-refractivity contribution >= 4 is 22.5 Å². The lowest BCUT2D eigenvalue weighted by Gasteiger charge is -2.11. The minimum Gasteiger partial charge on any atom is -0.497 e. The smallest absolute Gasteiger partial charge is 0.257 e. The van der Waals surface area contributed by atoms with Crippen molar-refractivity contribution in [2.24, 2.45) is 0 Å². The normalized spacial score (nSPS) is 10.8. The maximum absolute atomic E-state index is 12.9. The van der Waals surface area contributed by atoms with E-state index in [1.165, 1.54) is 6.07 Å². The summed E-state index contributed by atoms with van der Waals surface area (Å²) >= 11 is 0. The van der Waals surface area contributed by atoms with E-state index in [2.05, 4.69) is 20.3 Å². The van der Waals surface area contributed by atoms with Gasteiger partial charge >= 0.3 is 0 Å². The summed E-state index contributed by atoms with van der Waals surface area (Å²) in [4.78, 5) is 36.3. The van der Waals surface area contributed by atoms with E-state index in [0.717, 1.165) is 10.9 Å².